The molecule has 1 aromatic rings. The Morgan fingerprint density at radius 3 is 2.87 bits per heavy atom. The normalized spacial score (nSPS) is 17.3. The predicted octanol–water partition coefficient (Wildman–Crippen LogP) is 3.22. The van der Waals surface area contributed by atoms with E-state index in [9.17, 15) is 4.79 Å². The largest absolute Gasteiger partial charge is 0.465 e. The number of hydrogen-bond donors (Lipinski definition) is 0. The number of carbonyl (C=O) groups is 1. The quantitative estimate of drug-likeness (QED) is 0.554. The van der Waals surface area contributed by atoms with Gasteiger partial charge in [0.15, 0.2) is 5.78 Å². The first kappa shape index (κ1) is 9.97. The Balaban J connectivity index is 1.96. The highest BCUT2D eigenvalue weighted by Crippen LogP contribution is 2.30. The van der Waals surface area contributed by atoms with Gasteiger partial charge in [0.2, 0.25) is 0 Å². The van der Waals surface area contributed by atoms with Gasteiger partial charge < -0.3 is 4.42 Å². The van der Waals surface area contributed by atoms with E-state index < -0.39 is 0 Å². The van der Waals surface area contributed by atoms with Gasteiger partial charge in [-0.05, 0) is 49.6 Å². The summed E-state index contributed by atoms with van der Waals surface area (Å²) in [4.78, 5) is 11.4. The highest BCUT2D eigenvalue weighted by molar-refractivity contribution is 5.93. The second kappa shape index (κ2) is 4.30. The topological polar surface area (TPSA) is 30.2 Å². The van der Waals surface area contributed by atoms with Gasteiger partial charge in [0, 0.05) is 5.92 Å². The lowest BCUT2D eigenvalue weighted by atomic mass is 10.2. The van der Waals surface area contributed by atoms with Gasteiger partial charge in [-0.15, -0.1) is 0 Å². The van der Waals surface area contributed by atoms with Gasteiger partial charge in [0.05, 0.1) is 6.26 Å². The van der Waals surface area contributed by atoms with Crippen molar-refractivity contribution < 1.29 is 9.21 Å². The molecule has 0 N–H and O–H groups in total. The molecule has 1 fully saturated rings. The third-order valence-electron chi connectivity index (χ3n) is 2.40. The second-order valence-electron chi connectivity index (χ2n) is 3.91. The van der Waals surface area contributed by atoms with Crippen molar-refractivity contribution in [3.63, 3.8) is 0 Å². The average molecular weight is 202 g/mol. The lowest BCUT2D eigenvalue weighted by Crippen LogP contribution is -1.93. The van der Waals surface area contributed by atoms with Crippen molar-refractivity contribution >= 4 is 11.9 Å². The summed E-state index contributed by atoms with van der Waals surface area (Å²) in [6.07, 6.45) is 9.19. The van der Waals surface area contributed by atoms with Gasteiger partial charge in [-0.1, -0.05) is 6.08 Å². The predicted molar refractivity (Wildman–Crippen MR) is 59.2 cm³/mol. The van der Waals surface area contributed by atoms with Gasteiger partial charge in [-0.2, -0.15) is 0 Å². The molecule has 78 valence electrons. The fourth-order valence-electron chi connectivity index (χ4n) is 1.36. The van der Waals surface area contributed by atoms with E-state index in [0.717, 1.165) is 24.2 Å². The molecule has 1 aliphatic rings. The zero-order chi connectivity index (χ0) is 10.7. The van der Waals surface area contributed by atoms with Crippen LogP contribution in [0.25, 0.3) is 6.08 Å². The van der Waals surface area contributed by atoms with Crippen LogP contribution in [0.15, 0.2) is 40.5 Å². The van der Waals surface area contributed by atoms with Gasteiger partial charge >= 0.3 is 0 Å². The number of rotatable bonds is 4. The van der Waals surface area contributed by atoms with E-state index in [4.69, 9.17) is 4.42 Å². The first-order valence-corrected chi connectivity index (χ1v) is 5.19. The minimum absolute atomic E-state index is 0.252. The fraction of sp³-hybridized carbons (Fsp3) is 0.308. The standard InChI is InChI=1S/C13H14O2/c1-10(9-12-3-2-8-15-12)4-7-13(14)11-5-6-11/h2-4,7-9,11H,5-6H2,1H3/b7-4+,10-9+. The number of furan rings is 1. The summed E-state index contributed by atoms with van der Waals surface area (Å²) in [5.74, 6) is 1.37. The van der Waals surface area contributed by atoms with Crippen molar-refractivity contribution in [1.29, 1.82) is 0 Å². The van der Waals surface area contributed by atoms with Gasteiger partial charge in [0.25, 0.3) is 0 Å². The monoisotopic (exact) mass is 202 g/mol. The first-order chi connectivity index (χ1) is 7.25. The van der Waals surface area contributed by atoms with Crippen LogP contribution in [-0.2, 0) is 4.79 Å². The van der Waals surface area contributed by atoms with E-state index in [1.54, 1.807) is 12.3 Å². The number of allylic oxidation sites excluding steroid dienone is 3. The summed E-state index contributed by atoms with van der Waals surface area (Å²) >= 11 is 0. The lowest BCUT2D eigenvalue weighted by molar-refractivity contribution is -0.115. The Bertz CT molecular complexity index is 392. The third-order valence-corrected chi connectivity index (χ3v) is 2.40. The van der Waals surface area contributed by atoms with Gasteiger partial charge in [-0.25, -0.2) is 0 Å². The maximum atomic E-state index is 11.4. The lowest BCUT2D eigenvalue weighted by Gasteiger charge is -1.91. The van der Waals surface area contributed by atoms with Gasteiger partial charge in [-0.3, -0.25) is 4.79 Å². The van der Waals surface area contributed by atoms with Crippen molar-refractivity contribution in [2.75, 3.05) is 0 Å². The molecule has 15 heavy (non-hydrogen) atoms. The molecule has 0 atom stereocenters. The summed E-state index contributed by atoms with van der Waals surface area (Å²) in [5, 5.41) is 0. The Kier molecular flexibility index (Phi) is 2.86. The molecular weight excluding hydrogens is 188 g/mol. The molecule has 0 radical (unpaired) electrons. The van der Waals surface area contributed by atoms with Crippen LogP contribution in [0.3, 0.4) is 0 Å². The summed E-state index contributed by atoms with van der Waals surface area (Å²) in [6.45, 7) is 1.96. The molecule has 0 spiro atoms. The maximum Gasteiger partial charge on any atom is 0.158 e. The van der Waals surface area contributed by atoms with Crippen LogP contribution in [0.4, 0.5) is 0 Å². The smallest absolute Gasteiger partial charge is 0.158 e. The van der Waals surface area contributed by atoms with E-state index in [0.29, 0.717) is 5.92 Å². The molecular formula is C13H14O2. The van der Waals surface area contributed by atoms with E-state index in [1.165, 1.54) is 0 Å². The van der Waals surface area contributed by atoms with Crippen molar-refractivity contribution in [1.82, 2.24) is 0 Å². The summed E-state index contributed by atoms with van der Waals surface area (Å²) in [6, 6.07) is 3.73. The van der Waals surface area contributed by atoms with Crippen LogP contribution in [0.1, 0.15) is 25.5 Å². The third kappa shape index (κ3) is 2.94. The number of ketones is 1. The fourth-order valence-corrected chi connectivity index (χ4v) is 1.36. The molecule has 1 saturated carbocycles. The zero-order valence-corrected chi connectivity index (χ0v) is 8.77. The van der Waals surface area contributed by atoms with E-state index in [1.807, 2.05) is 31.2 Å². The highest BCUT2D eigenvalue weighted by atomic mass is 16.3. The molecule has 2 rings (SSSR count). The molecule has 2 heteroatoms. The SMILES string of the molecule is CC(/C=C/C(=O)C1CC1)=C\c1ccco1. The van der Waals surface area contributed by atoms with Crippen LogP contribution in [0, 0.1) is 5.92 Å². The number of hydrogen-bond acceptors (Lipinski definition) is 2. The molecule has 0 bridgehead atoms. The summed E-state index contributed by atoms with van der Waals surface area (Å²) in [5.41, 5.74) is 1.03. The van der Waals surface area contributed by atoms with E-state index >= 15 is 0 Å². The minimum Gasteiger partial charge on any atom is -0.465 e. The molecule has 1 aliphatic carbocycles. The minimum atomic E-state index is 0.252. The molecule has 0 aromatic carbocycles. The van der Waals surface area contributed by atoms with Crippen LogP contribution in [0.5, 0.6) is 0 Å². The van der Waals surface area contributed by atoms with Crippen molar-refractivity contribution in [3.05, 3.63) is 41.9 Å². The molecule has 0 aliphatic heterocycles. The van der Waals surface area contributed by atoms with Crippen LogP contribution >= 0.6 is 0 Å². The zero-order valence-electron chi connectivity index (χ0n) is 8.77. The Morgan fingerprint density at radius 2 is 2.27 bits per heavy atom. The Morgan fingerprint density at radius 1 is 1.47 bits per heavy atom. The molecule has 1 aromatic heterocycles. The molecule has 0 amide bonds. The summed E-state index contributed by atoms with van der Waals surface area (Å²) < 4.78 is 5.18. The van der Waals surface area contributed by atoms with Crippen LogP contribution in [-0.4, -0.2) is 5.78 Å². The van der Waals surface area contributed by atoms with Crippen molar-refractivity contribution in [2.45, 2.75) is 19.8 Å². The van der Waals surface area contributed by atoms with Crippen molar-refractivity contribution in [2.24, 2.45) is 5.92 Å². The van der Waals surface area contributed by atoms with Crippen LogP contribution < -0.4 is 0 Å². The van der Waals surface area contributed by atoms with E-state index in [-0.39, 0.29) is 5.78 Å². The van der Waals surface area contributed by atoms with Crippen LogP contribution in [0.2, 0.25) is 0 Å². The van der Waals surface area contributed by atoms with E-state index in [2.05, 4.69) is 0 Å². The molecule has 1 heterocycles. The molecule has 2 nitrogen and oxygen atoms in total. The highest BCUT2D eigenvalue weighted by Gasteiger charge is 2.27. The second-order valence-corrected chi connectivity index (χ2v) is 3.91. The first-order valence-electron chi connectivity index (χ1n) is 5.19. The molecule has 0 unspecified atom stereocenters. The number of carbonyl (C=O) groups excluding carboxylic acids is 1. The Labute approximate surface area is 89.3 Å². The summed E-state index contributed by atoms with van der Waals surface area (Å²) in [7, 11) is 0. The van der Waals surface area contributed by atoms with Crippen molar-refractivity contribution in [3.8, 4) is 0 Å². The molecule has 0 saturated heterocycles. The average Bonchev–Trinajstić information content (AvgIpc) is 2.95. The Hall–Kier alpha value is -1.57. The maximum absolute atomic E-state index is 11.4. The van der Waals surface area contributed by atoms with Gasteiger partial charge in [0.1, 0.15) is 5.76 Å².